The number of alkyl halides is 1. The third kappa shape index (κ3) is 5.00. The monoisotopic (exact) mass is 534 g/mol. The fourth-order valence-electron chi connectivity index (χ4n) is 5.48. The lowest BCUT2D eigenvalue weighted by Gasteiger charge is -2.27. The lowest BCUT2D eigenvalue weighted by atomic mass is 10.0. The van der Waals surface area contributed by atoms with E-state index in [1.54, 1.807) is 36.4 Å². The van der Waals surface area contributed by atoms with Gasteiger partial charge in [-0.2, -0.15) is 9.49 Å². The molecule has 3 aliphatic rings. The van der Waals surface area contributed by atoms with Gasteiger partial charge in [0.25, 0.3) is 0 Å². The second-order valence-electron chi connectivity index (χ2n) is 10.3. The number of benzene rings is 1. The summed E-state index contributed by atoms with van der Waals surface area (Å²) in [6.45, 7) is 0.247. The zero-order valence-corrected chi connectivity index (χ0v) is 21.1. The standard InChI is InChI=1S/C28H28F2N6O3/c29-19-14-22(36(15-19)23(37)13-18-7-4-12-35-26(18)33-34-28(35)39)27(38)32-24(17-5-2-1-3-6-17)21-11-10-20(16-8-9-16)25(30)31-21/h1-3,5-7,10-11,16,19,22,24H,4,8-9,12-15H2,(H,32,38)(H,34,39)/t19-,22+,24+/m1/s1. The van der Waals surface area contributed by atoms with Crippen molar-refractivity contribution in [2.45, 2.75) is 62.8 Å². The van der Waals surface area contributed by atoms with Gasteiger partial charge in [-0.3, -0.25) is 14.2 Å². The van der Waals surface area contributed by atoms with Crippen LogP contribution < -0.4 is 11.0 Å². The highest BCUT2D eigenvalue weighted by Crippen LogP contribution is 2.41. The molecule has 2 amide bonds. The predicted molar refractivity (Wildman–Crippen MR) is 138 cm³/mol. The van der Waals surface area contributed by atoms with Crippen LogP contribution >= 0.6 is 0 Å². The predicted octanol–water partition coefficient (Wildman–Crippen LogP) is 3.00. The minimum absolute atomic E-state index is 0.113. The summed E-state index contributed by atoms with van der Waals surface area (Å²) in [7, 11) is 0. The maximum Gasteiger partial charge on any atom is 0.343 e. The van der Waals surface area contributed by atoms with Crippen LogP contribution in [0.4, 0.5) is 8.78 Å². The van der Waals surface area contributed by atoms with Gasteiger partial charge in [-0.1, -0.05) is 42.5 Å². The molecule has 6 rings (SSSR count). The van der Waals surface area contributed by atoms with Gasteiger partial charge in [-0.05, 0) is 36.8 Å². The molecule has 2 N–H and O–H groups in total. The molecule has 1 saturated carbocycles. The minimum Gasteiger partial charge on any atom is -0.342 e. The number of aromatic nitrogens is 4. The third-order valence-corrected chi connectivity index (χ3v) is 7.64. The first kappa shape index (κ1) is 25.1. The van der Waals surface area contributed by atoms with E-state index in [1.165, 1.54) is 9.47 Å². The Bertz CT molecular complexity index is 1500. The summed E-state index contributed by atoms with van der Waals surface area (Å²) in [5.74, 6) is -0.959. The van der Waals surface area contributed by atoms with E-state index in [1.807, 2.05) is 12.1 Å². The van der Waals surface area contributed by atoms with Gasteiger partial charge < -0.3 is 10.2 Å². The van der Waals surface area contributed by atoms with Crippen molar-refractivity contribution in [3.8, 4) is 0 Å². The van der Waals surface area contributed by atoms with Crippen LogP contribution in [0.5, 0.6) is 0 Å². The van der Waals surface area contributed by atoms with Crippen molar-refractivity contribution in [2.75, 3.05) is 6.54 Å². The van der Waals surface area contributed by atoms with Crippen LogP contribution in [0, 0.1) is 5.95 Å². The average molecular weight is 535 g/mol. The fraction of sp³-hybridized carbons (Fsp3) is 0.393. The van der Waals surface area contributed by atoms with Crippen LogP contribution in [0.1, 0.15) is 66.7 Å². The molecule has 2 fully saturated rings. The van der Waals surface area contributed by atoms with Gasteiger partial charge in [0.15, 0.2) is 5.82 Å². The first-order valence-corrected chi connectivity index (χ1v) is 13.2. The second kappa shape index (κ2) is 10.2. The Hall–Kier alpha value is -4.15. The molecule has 0 bridgehead atoms. The molecule has 2 aromatic heterocycles. The Labute approximate surface area is 222 Å². The summed E-state index contributed by atoms with van der Waals surface area (Å²) in [5.41, 5.74) is 1.79. The number of pyridine rings is 1. The number of amides is 2. The summed E-state index contributed by atoms with van der Waals surface area (Å²) in [6.07, 6.45) is 2.64. The molecule has 1 aromatic carbocycles. The number of hydrogen-bond acceptors (Lipinski definition) is 5. The zero-order chi connectivity index (χ0) is 27.1. The van der Waals surface area contributed by atoms with E-state index in [4.69, 9.17) is 0 Å². The number of likely N-dealkylation sites (tertiary alicyclic amines) is 1. The molecule has 1 aliphatic carbocycles. The second-order valence-corrected chi connectivity index (χ2v) is 10.3. The van der Waals surface area contributed by atoms with Crippen LogP contribution in [0.2, 0.25) is 0 Å². The third-order valence-electron chi connectivity index (χ3n) is 7.64. The van der Waals surface area contributed by atoms with E-state index in [0.29, 0.717) is 41.2 Å². The number of fused-ring (bicyclic) bond motifs is 1. The van der Waals surface area contributed by atoms with E-state index in [2.05, 4.69) is 20.5 Å². The van der Waals surface area contributed by atoms with Crippen molar-refractivity contribution in [3.63, 3.8) is 0 Å². The van der Waals surface area contributed by atoms with E-state index in [9.17, 15) is 23.2 Å². The Balaban J connectivity index is 1.23. The van der Waals surface area contributed by atoms with Crippen molar-refractivity contribution in [3.05, 3.63) is 87.6 Å². The van der Waals surface area contributed by atoms with Crippen LogP contribution in [0.15, 0.2) is 53.3 Å². The van der Waals surface area contributed by atoms with Crippen molar-refractivity contribution < 1.29 is 18.4 Å². The van der Waals surface area contributed by atoms with Gasteiger partial charge in [0, 0.05) is 24.1 Å². The van der Waals surface area contributed by atoms with Crippen LogP contribution in [-0.4, -0.2) is 55.2 Å². The lowest BCUT2D eigenvalue weighted by Crippen LogP contribution is -2.47. The number of rotatable bonds is 7. The SMILES string of the molecule is O=C(N[C@@H](c1ccccc1)c1ccc(C2CC2)c(F)n1)[C@@H]1C[C@@H](F)CN1C(=O)CC1=CCCn2c1n[nH]c2=O. The van der Waals surface area contributed by atoms with Gasteiger partial charge in [-0.25, -0.2) is 19.3 Å². The fourth-order valence-corrected chi connectivity index (χ4v) is 5.48. The van der Waals surface area contributed by atoms with Crippen molar-refractivity contribution in [1.29, 1.82) is 0 Å². The molecule has 3 atom stereocenters. The maximum absolute atomic E-state index is 14.8. The summed E-state index contributed by atoms with van der Waals surface area (Å²) >= 11 is 0. The summed E-state index contributed by atoms with van der Waals surface area (Å²) in [4.78, 5) is 44.2. The maximum atomic E-state index is 14.8. The molecule has 0 unspecified atom stereocenters. The molecule has 39 heavy (non-hydrogen) atoms. The molecular formula is C28H28F2N6O3. The van der Waals surface area contributed by atoms with E-state index < -0.39 is 36.0 Å². The van der Waals surface area contributed by atoms with Gasteiger partial charge in [0.2, 0.25) is 17.8 Å². The lowest BCUT2D eigenvalue weighted by molar-refractivity contribution is -0.138. The van der Waals surface area contributed by atoms with Gasteiger partial charge in [0.05, 0.1) is 24.7 Å². The van der Waals surface area contributed by atoms with Crippen LogP contribution in [0.3, 0.4) is 0 Å². The number of allylic oxidation sites excluding steroid dienone is 1. The first-order chi connectivity index (χ1) is 18.9. The molecule has 3 aromatic rings. The highest BCUT2D eigenvalue weighted by molar-refractivity contribution is 5.93. The number of aromatic amines is 1. The molecule has 2 aliphatic heterocycles. The van der Waals surface area contributed by atoms with Crippen LogP contribution in [0.25, 0.3) is 5.57 Å². The highest BCUT2D eigenvalue weighted by atomic mass is 19.1. The Morgan fingerprint density at radius 2 is 1.95 bits per heavy atom. The highest BCUT2D eigenvalue weighted by Gasteiger charge is 2.41. The van der Waals surface area contributed by atoms with Crippen LogP contribution in [-0.2, 0) is 16.1 Å². The number of H-pyrrole nitrogens is 1. The summed E-state index contributed by atoms with van der Waals surface area (Å²) < 4.78 is 30.9. The minimum atomic E-state index is -1.36. The van der Waals surface area contributed by atoms with Gasteiger partial charge >= 0.3 is 5.69 Å². The van der Waals surface area contributed by atoms with E-state index in [0.717, 1.165) is 12.8 Å². The number of carbonyl (C=O) groups is 2. The van der Waals surface area contributed by atoms with Crippen molar-refractivity contribution in [2.24, 2.45) is 0 Å². The molecule has 4 heterocycles. The molecule has 202 valence electrons. The quantitative estimate of drug-likeness (QED) is 0.453. The normalized spacial score (nSPS) is 21.3. The van der Waals surface area contributed by atoms with Gasteiger partial charge in [-0.15, -0.1) is 0 Å². The van der Waals surface area contributed by atoms with Crippen molar-refractivity contribution in [1.82, 2.24) is 30.0 Å². The largest absolute Gasteiger partial charge is 0.343 e. The summed E-state index contributed by atoms with van der Waals surface area (Å²) in [5, 5.41) is 9.31. The molecule has 9 nitrogen and oxygen atoms in total. The zero-order valence-electron chi connectivity index (χ0n) is 21.1. The Morgan fingerprint density at radius 3 is 2.69 bits per heavy atom. The summed E-state index contributed by atoms with van der Waals surface area (Å²) in [6, 6.07) is 10.6. The molecular weight excluding hydrogens is 506 g/mol. The van der Waals surface area contributed by atoms with E-state index >= 15 is 0 Å². The van der Waals surface area contributed by atoms with Gasteiger partial charge in [0.1, 0.15) is 12.2 Å². The average Bonchev–Trinajstić information content (AvgIpc) is 3.59. The smallest absolute Gasteiger partial charge is 0.342 e. The number of nitrogens with zero attached hydrogens (tertiary/aromatic N) is 4. The Morgan fingerprint density at radius 1 is 1.15 bits per heavy atom. The molecule has 11 heteroatoms. The van der Waals surface area contributed by atoms with Crippen molar-refractivity contribution >= 4 is 17.4 Å². The number of hydrogen-bond donors (Lipinski definition) is 2. The first-order valence-electron chi connectivity index (χ1n) is 13.2. The molecule has 0 spiro atoms. The number of halogens is 2. The van der Waals surface area contributed by atoms with E-state index in [-0.39, 0.29) is 31.0 Å². The molecule has 1 saturated heterocycles. The number of carbonyl (C=O) groups excluding carboxylic acids is 2. The number of nitrogens with one attached hydrogen (secondary N) is 2. The molecule has 0 radical (unpaired) electrons. The topological polar surface area (TPSA) is 113 Å². The Kier molecular flexibility index (Phi) is 6.58.